The molecule has 0 aliphatic heterocycles. The quantitative estimate of drug-likeness (QED) is 0.472. The number of ketones is 1. The van der Waals surface area contributed by atoms with Gasteiger partial charge in [0.2, 0.25) is 0 Å². The average Bonchev–Trinajstić information content (AvgIpc) is 2.46. The first-order chi connectivity index (χ1) is 4.36. The van der Waals surface area contributed by atoms with Gasteiger partial charge in [-0.25, -0.2) is 0 Å². The molecule has 0 spiro atoms. The van der Waals surface area contributed by atoms with Gasteiger partial charge in [0.1, 0.15) is 5.78 Å². The summed E-state index contributed by atoms with van der Waals surface area (Å²) in [5.74, 6) is 3.84. The van der Waals surface area contributed by atoms with Crippen LogP contribution in [0, 0.1) is 23.7 Å². The first-order valence-corrected chi connectivity index (χ1v) is 3.89. The van der Waals surface area contributed by atoms with E-state index >= 15 is 0 Å². The number of rotatable bonds is 0. The van der Waals surface area contributed by atoms with Crippen molar-refractivity contribution in [3.05, 3.63) is 0 Å². The highest BCUT2D eigenvalue weighted by molar-refractivity contribution is 5.85. The van der Waals surface area contributed by atoms with E-state index in [0.717, 1.165) is 24.2 Å². The summed E-state index contributed by atoms with van der Waals surface area (Å²) in [6.07, 6.45) is 3.58. The maximum Gasteiger partial charge on any atom is 0.136 e. The maximum absolute atomic E-state index is 11.1. The molecule has 1 heteroatoms. The molecule has 4 unspecified atom stereocenters. The van der Waals surface area contributed by atoms with Gasteiger partial charge in [-0.15, -0.1) is 0 Å². The van der Waals surface area contributed by atoms with E-state index in [1.165, 1.54) is 12.8 Å². The molecule has 0 aromatic carbocycles. The summed E-state index contributed by atoms with van der Waals surface area (Å²) < 4.78 is 0. The van der Waals surface area contributed by atoms with Crippen LogP contribution >= 0.6 is 0 Å². The van der Waals surface area contributed by atoms with E-state index in [0.29, 0.717) is 11.7 Å². The second kappa shape index (κ2) is 1.09. The van der Waals surface area contributed by atoms with Crippen molar-refractivity contribution in [1.29, 1.82) is 0 Å². The lowest BCUT2D eigenvalue weighted by Gasteiger charge is -2.04. The van der Waals surface area contributed by atoms with Crippen LogP contribution in [0.1, 0.15) is 19.3 Å². The van der Waals surface area contributed by atoms with Gasteiger partial charge in [0.05, 0.1) is 0 Å². The van der Waals surface area contributed by atoms with Gasteiger partial charge >= 0.3 is 0 Å². The molecule has 2 bridgehead atoms. The zero-order valence-corrected chi connectivity index (χ0v) is 5.34. The van der Waals surface area contributed by atoms with Gasteiger partial charge in [-0.1, -0.05) is 0 Å². The molecule has 0 N–H and O–H groups in total. The lowest BCUT2D eigenvalue weighted by atomic mass is 10.00. The topological polar surface area (TPSA) is 17.1 Å². The Balaban J connectivity index is 2.04. The Morgan fingerprint density at radius 1 is 1.22 bits per heavy atom. The van der Waals surface area contributed by atoms with E-state index in [9.17, 15) is 4.79 Å². The van der Waals surface area contributed by atoms with Crippen LogP contribution in [0.15, 0.2) is 0 Å². The summed E-state index contributed by atoms with van der Waals surface area (Å²) in [4.78, 5) is 11.1. The van der Waals surface area contributed by atoms with Crippen LogP contribution < -0.4 is 0 Å². The molecule has 3 fully saturated rings. The SMILES string of the molecule is O=C1CC2CC1C1CC21. The van der Waals surface area contributed by atoms with Crippen LogP contribution in [-0.2, 0) is 4.79 Å². The van der Waals surface area contributed by atoms with Crippen molar-refractivity contribution in [3.63, 3.8) is 0 Å². The summed E-state index contributed by atoms with van der Waals surface area (Å²) in [6.45, 7) is 0. The Morgan fingerprint density at radius 3 is 2.67 bits per heavy atom. The van der Waals surface area contributed by atoms with Crippen LogP contribution in [0.25, 0.3) is 0 Å². The number of hydrogen-bond donors (Lipinski definition) is 0. The minimum atomic E-state index is 0.542. The molecule has 3 saturated carbocycles. The molecule has 0 heterocycles. The Bertz CT molecular complexity index is 185. The number of carbonyl (C=O) groups excluding carboxylic acids is 1. The van der Waals surface area contributed by atoms with Gasteiger partial charge in [-0.05, 0) is 30.6 Å². The monoisotopic (exact) mass is 122 g/mol. The smallest absolute Gasteiger partial charge is 0.136 e. The van der Waals surface area contributed by atoms with E-state index in [1.807, 2.05) is 0 Å². The highest BCUT2D eigenvalue weighted by atomic mass is 16.1. The Labute approximate surface area is 54.4 Å². The Kier molecular flexibility index (Phi) is 0.544. The number of fused-ring (bicyclic) bond motifs is 5. The van der Waals surface area contributed by atoms with Crippen molar-refractivity contribution < 1.29 is 4.79 Å². The molecule has 0 aromatic heterocycles. The third kappa shape index (κ3) is 0.374. The molecule has 0 aromatic rings. The number of carbonyl (C=O) groups is 1. The summed E-state index contributed by atoms with van der Waals surface area (Å²) in [6, 6.07) is 0. The molecule has 3 aliphatic carbocycles. The summed E-state index contributed by atoms with van der Waals surface area (Å²) in [7, 11) is 0. The first-order valence-electron chi connectivity index (χ1n) is 3.89. The Hall–Kier alpha value is -0.330. The van der Waals surface area contributed by atoms with Crippen molar-refractivity contribution in [2.75, 3.05) is 0 Å². The molecule has 3 aliphatic rings. The van der Waals surface area contributed by atoms with Crippen LogP contribution in [-0.4, -0.2) is 5.78 Å². The van der Waals surface area contributed by atoms with Crippen molar-refractivity contribution >= 4 is 5.78 Å². The Morgan fingerprint density at radius 2 is 2.11 bits per heavy atom. The second-order valence-corrected chi connectivity index (χ2v) is 3.84. The largest absolute Gasteiger partial charge is 0.299 e. The highest BCUT2D eigenvalue weighted by Gasteiger charge is 2.60. The molecule has 3 rings (SSSR count). The third-order valence-electron chi connectivity index (χ3n) is 3.45. The fourth-order valence-corrected chi connectivity index (χ4v) is 2.93. The molecule has 0 saturated heterocycles. The van der Waals surface area contributed by atoms with Crippen LogP contribution in [0.4, 0.5) is 0 Å². The molecule has 0 radical (unpaired) electrons. The molecule has 0 amide bonds. The summed E-state index contributed by atoms with van der Waals surface area (Å²) >= 11 is 0. The molecular weight excluding hydrogens is 112 g/mol. The van der Waals surface area contributed by atoms with E-state index in [-0.39, 0.29) is 0 Å². The van der Waals surface area contributed by atoms with Crippen molar-refractivity contribution in [2.45, 2.75) is 19.3 Å². The van der Waals surface area contributed by atoms with Gasteiger partial charge in [0, 0.05) is 12.3 Å². The number of Topliss-reactive ketones (excluding diaryl/α,β-unsaturated/α-hetero) is 1. The minimum Gasteiger partial charge on any atom is -0.299 e. The van der Waals surface area contributed by atoms with Gasteiger partial charge in [-0.3, -0.25) is 4.79 Å². The zero-order valence-electron chi connectivity index (χ0n) is 5.34. The minimum absolute atomic E-state index is 0.542. The van der Waals surface area contributed by atoms with E-state index in [2.05, 4.69) is 0 Å². The van der Waals surface area contributed by atoms with Crippen LogP contribution in [0.5, 0.6) is 0 Å². The molecular formula is C8H10O. The van der Waals surface area contributed by atoms with E-state index in [4.69, 9.17) is 0 Å². The molecule has 48 valence electrons. The summed E-state index contributed by atoms with van der Waals surface area (Å²) in [5, 5.41) is 0. The lowest BCUT2D eigenvalue weighted by molar-refractivity contribution is -0.122. The standard InChI is InChI=1S/C8H10O/c9-8-2-4-1-7(8)6-3-5(4)6/h4-7H,1-3H2. The lowest BCUT2D eigenvalue weighted by Crippen LogP contribution is -2.10. The van der Waals surface area contributed by atoms with Gasteiger partial charge < -0.3 is 0 Å². The third-order valence-corrected chi connectivity index (χ3v) is 3.45. The molecule has 4 atom stereocenters. The molecule has 9 heavy (non-hydrogen) atoms. The fourth-order valence-electron chi connectivity index (χ4n) is 2.93. The fraction of sp³-hybridized carbons (Fsp3) is 0.875. The van der Waals surface area contributed by atoms with E-state index < -0.39 is 0 Å². The predicted octanol–water partition coefficient (Wildman–Crippen LogP) is 1.23. The van der Waals surface area contributed by atoms with Crippen LogP contribution in [0.2, 0.25) is 0 Å². The number of hydrogen-bond acceptors (Lipinski definition) is 1. The first kappa shape index (κ1) is 4.48. The second-order valence-electron chi connectivity index (χ2n) is 3.84. The van der Waals surface area contributed by atoms with Crippen molar-refractivity contribution in [1.82, 2.24) is 0 Å². The van der Waals surface area contributed by atoms with Gasteiger partial charge in [0.15, 0.2) is 0 Å². The van der Waals surface area contributed by atoms with Crippen molar-refractivity contribution in [2.24, 2.45) is 23.7 Å². The summed E-state index contributed by atoms with van der Waals surface area (Å²) in [5.41, 5.74) is 0. The van der Waals surface area contributed by atoms with E-state index in [1.54, 1.807) is 0 Å². The maximum atomic E-state index is 11.1. The highest BCUT2D eigenvalue weighted by Crippen LogP contribution is 2.64. The molecule has 1 nitrogen and oxygen atoms in total. The average molecular weight is 122 g/mol. The normalized spacial score (nSPS) is 60.2. The zero-order chi connectivity index (χ0) is 6.01. The predicted molar refractivity (Wildman–Crippen MR) is 32.8 cm³/mol. The van der Waals surface area contributed by atoms with Gasteiger partial charge in [0.25, 0.3) is 0 Å². The van der Waals surface area contributed by atoms with Crippen LogP contribution in [0.3, 0.4) is 0 Å². The van der Waals surface area contributed by atoms with Gasteiger partial charge in [-0.2, -0.15) is 0 Å². The van der Waals surface area contributed by atoms with Crippen molar-refractivity contribution in [3.8, 4) is 0 Å².